The highest BCUT2D eigenvalue weighted by atomic mass is 32.2. The smallest absolute Gasteiger partial charge is 0.366 e. The maximum Gasteiger partial charge on any atom is 0.366 e. The molecule has 0 radical (unpaired) electrons. The number of hydrogen-bond acceptors (Lipinski definition) is 7. The average Bonchev–Trinajstić information content (AvgIpc) is 2.61. The van der Waals surface area contributed by atoms with Crippen LogP contribution in [0.4, 0.5) is 5.69 Å². The fourth-order valence-corrected chi connectivity index (χ4v) is 3.40. The van der Waals surface area contributed by atoms with E-state index in [1.165, 1.54) is 20.4 Å². The van der Waals surface area contributed by atoms with Gasteiger partial charge in [-0.3, -0.25) is 19.3 Å². The molecule has 0 aliphatic heterocycles. The number of nitro groups is 1. The van der Waals surface area contributed by atoms with E-state index in [9.17, 15) is 14.9 Å². The molecule has 0 bridgehead atoms. The predicted molar refractivity (Wildman–Crippen MR) is 91.8 cm³/mol. The molecule has 8 nitrogen and oxygen atoms in total. The lowest BCUT2D eigenvalue weighted by atomic mass is 10.3. The van der Waals surface area contributed by atoms with Gasteiger partial charge in [-0.1, -0.05) is 23.9 Å². The SMILES string of the molecule is COc1cccc(OC)c1Sc1nc2ccccn2c(=O)c1[N+](=O)[O-]. The van der Waals surface area contributed by atoms with Crippen molar-refractivity contribution in [3.8, 4) is 11.5 Å². The van der Waals surface area contributed by atoms with E-state index in [-0.39, 0.29) is 5.03 Å². The standard InChI is InChI=1S/C16H13N3O5S/c1-23-10-6-5-7-11(24-2)14(10)25-15-13(19(21)22)16(20)18-9-4-3-8-12(18)17-15/h3-9H,1-2H3. The minimum Gasteiger partial charge on any atom is -0.495 e. The summed E-state index contributed by atoms with van der Waals surface area (Å²) < 4.78 is 11.7. The molecule has 0 atom stereocenters. The van der Waals surface area contributed by atoms with Gasteiger partial charge in [-0.15, -0.1) is 0 Å². The molecule has 3 aromatic rings. The van der Waals surface area contributed by atoms with Crippen molar-refractivity contribution in [3.63, 3.8) is 0 Å². The van der Waals surface area contributed by atoms with Crippen molar-refractivity contribution in [2.75, 3.05) is 14.2 Å². The van der Waals surface area contributed by atoms with Crippen LogP contribution >= 0.6 is 11.8 Å². The van der Waals surface area contributed by atoms with Crippen LogP contribution in [0.25, 0.3) is 5.65 Å². The highest BCUT2D eigenvalue weighted by molar-refractivity contribution is 7.99. The summed E-state index contributed by atoms with van der Waals surface area (Å²) in [6.07, 6.45) is 1.44. The maximum atomic E-state index is 12.5. The first-order chi connectivity index (χ1) is 12.1. The number of rotatable bonds is 5. The second kappa shape index (κ2) is 6.81. The fraction of sp³-hybridized carbons (Fsp3) is 0.125. The third-order valence-corrected chi connectivity index (χ3v) is 4.53. The zero-order valence-corrected chi connectivity index (χ0v) is 14.1. The topological polar surface area (TPSA) is 96.0 Å². The number of hydrogen-bond donors (Lipinski definition) is 0. The van der Waals surface area contributed by atoms with Crippen LogP contribution in [0.15, 0.2) is 57.3 Å². The van der Waals surface area contributed by atoms with Gasteiger partial charge in [0.05, 0.1) is 24.0 Å². The Balaban J connectivity index is 2.25. The van der Waals surface area contributed by atoms with Gasteiger partial charge >= 0.3 is 11.2 Å². The van der Waals surface area contributed by atoms with E-state index in [0.717, 1.165) is 16.2 Å². The van der Waals surface area contributed by atoms with Gasteiger partial charge in [0.25, 0.3) is 0 Å². The van der Waals surface area contributed by atoms with Crippen molar-refractivity contribution < 1.29 is 14.4 Å². The van der Waals surface area contributed by atoms with Crippen LogP contribution in [0.2, 0.25) is 0 Å². The molecular weight excluding hydrogens is 346 g/mol. The van der Waals surface area contributed by atoms with Gasteiger partial charge < -0.3 is 9.47 Å². The molecule has 0 N–H and O–H groups in total. The molecule has 0 unspecified atom stereocenters. The minimum atomic E-state index is -0.744. The maximum absolute atomic E-state index is 12.5. The van der Waals surface area contributed by atoms with Crippen molar-refractivity contribution in [3.05, 3.63) is 63.1 Å². The largest absolute Gasteiger partial charge is 0.495 e. The Morgan fingerprint density at radius 1 is 1.12 bits per heavy atom. The Labute approximate surface area is 146 Å². The lowest BCUT2D eigenvalue weighted by molar-refractivity contribution is -0.389. The van der Waals surface area contributed by atoms with E-state index in [1.54, 1.807) is 36.4 Å². The van der Waals surface area contributed by atoms with Gasteiger partial charge in [0.1, 0.15) is 17.1 Å². The van der Waals surface area contributed by atoms with E-state index in [2.05, 4.69) is 4.98 Å². The van der Waals surface area contributed by atoms with E-state index in [1.807, 2.05) is 0 Å². The van der Waals surface area contributed by atoms with Gasteiger partial charge in [-0.25, -0.2) is 4.98 Å². The monoisotopic (exact) mass is 359 g/mol. The lowest BCUT2D eigenvalue weighted by Crippen LogP contribution is -2.19. The number of ether oxygens (including phenoxy) is 2. The summed E-state index contributed by atoms with van der Waals surface area (Å²) >= 11 is 0.958. The first kappa shape index (κ1) is 16.8. The Morgan fingerprint density at radius 2 is 1.80 bits per heavy atom. The van der Waals surface area contributed by atoms with Crippen LogP contribution in [0, 0.1) is 10.1 Å². The molecule has 3 rings (SSSR count). The summed E-state index contributed by atoms with van der Waals surface area (Å²) in [4.78, 5) is 28.0. The molecule has 0 spiro atoms. The van der Waals surface area contributed by atoms with Crippen molar-refractivity contribution >= 4 is 23.1 Å². The zero-order chi connectivity index (χ0) is 18.0. The Hall–Kier alpha value is -3.07. The number of methoxy groups -OCH3 is 2. The molecule has 0 aliphatic carbocycles. The van der Waals surface area contributed by atoms with Crippen LogP contribution in [0.3, 0.4) is 0 Å². The molecule has 0 amide bonds. The second-order valence-corrected chi connectivity index (χ2v) is 5.85. The number of fused-ring (bicyclic) bond motifs is 1. The molecular formula is C16H13N3O5S. The zero-order valence-electron chi connectivity index (χ0n) is 13.3. The fourth-order valence-electron chi connectivity index (χ4n) is 2.30. The second-order valence-electron chi connectivity index (χ2n) is 4.85. The minimum absolute atomic E-state index is 0.0241. The van der Waals surface area contributed by atoms with Gasteiger partial charge in [-0.2, -0.15) is 0 Å². The van der Waals surface area contributed by atoms with Crippen LogP contribution in [-0.2, 0) is 0 Å². The molecule has 0 fully saturated rings. The van der Waals surface area contributed by atoms with Crippen molar-refractivity contribution in [1.29, 1.82) is 0 Å². The lowest BCUT2D eigenvalue weighted by Gasteiger charge is -2.12. The van der Waals surface area contributed by atoms with Crippen LogP contribution in [0.5, 0.6) is 11.5 Å². The third kappa shape index (κ3) is 3.01. The molecule has 0 saturated carbocycles. The van der Waals surface area contributed by atoms with Crippen molar-refractivity contribution in [2.45, 2.75) is 9.92 Å². The molecule has 128 valence electrons. The van der Waals surface area contributed by atoms with Crippen molar-refractivity contribution in [1.82, 2.24) is 9.38 Å². The van der Waals surface area contributed by atoms with Gasteiger partial charge in [0.2, 0.25) is 0 Å². The molecule has 2 heterocycles. The van der Waals surface area contributed by atoms with Crippen LogP contribution in [-0.4, -0.2) is 28.5 Å². The van der Waals surface area contributed by atoms with E-state index in [4.69, 9.17) is 9.47 Å². The summed E-state index contributed by atoms with van der Waals surface area (Å²) in [7, 11) is 2.96. The normalized spacial score (nSPS) is 10.6. The number of aromatic nitrogens is 2. The highest BCUT2D eigenvalue weighted by Gasteiger charge is 2.26. The summed E-state index contributed by atoms with van der Waals surface area (Å²) in [5, 5.41) is 11.4. The highest BCUT2D eigenvalue weighted by Crippen LogP contribution is 2.42. The molecule has 0 saturated heterocycles. The quantitative estimate of drug-likeness (QED) is 0.392. The average molecular weight is 359 g/mol. The summed E-state index contributed by atoms with van der Waals surface area (Å²) in [5.74, 6) is 0.933. The molecule has 1 aromatic carbocycles. The van der Waals surface area contributed by atoms with E-state index in [0.29, 0.717) is 22.0 Å². The Bertz CT molecular complexity index is 996. The van der Waals surface area contributed by atoms with Gasteiger partial charge in [-0.05, 0) is 24.3 Å². The van der Waals surface area contributed by atoms with Gasteiger partial charge in [0.15, 0.2) is 5.03 Å². The molecule has 25 heavy (non-hydrogen) atoms. The summed E-state index contributed by atoms with van der Waals surface area (Å²) in [6.45, 7) is 0. The summed E-state index contributed by atoms with van der Waals surface area (Å²) in [5.41, 5.74) is -1.02. The van der Waals surface area contributed by atoms with E-state index >= 15 is 0 Å². The first-order valence-corrected chi connectivity index (χ1v) is 7.93. The van der Waals surface area contributed by atoms with Crippen LogP contribution < -0.4 is 15.0 Å². The number of nitrogens with zero attached hydrogens (tertiary/aromatic N) is 3. The third-order valence-electron chi connectivity index (χ3n) is 3.44. The molecule has 9 heteroatoms. The Kier molecular flexibility index (Phi) is 4.57. The number of benzene rings is 1. The van der Waals surface area contributed by atoms with Gasteiger partial charge in [0, 0.05) is 6.20 Å². The molecule has 2 aromatic heterocycles. The van der Waals surface area contributed by atoms with Crippen molar-refractivity contribution in [2.24, 2.45) is 0 Å². The summed E-state index contributed by atoms with van der Waals surface area (Å²) in [6, 6.07) is 10.0. The predicted octanol–water partition coefficient (Wildman–Crippen LogP) is 2.77. The first-order valence-electron chi connectivity index (χ1n) is 7.11. The Morgan fingerprint density at radius 3 is 2.40 bits per heavy atom. The van der Waals surface area contributed by atoms with Crippen LogP contribution in [0.1, 0.15) is 0 Å². The van der Waals surface area contributed by atoms with E-state index < -0.39 is 16.2 Å². The molecule has 0 aliphatic rings. The number of pyridine rings is 1.